The topological polar surface area (TPSA) is 25.8 Å². The van der Waals surface area contributed by atoms with E-state index in [9.17, 15) is 0 Å². The molecule has 0 spiro atoms. The van der Waals surface area contributed by atoms with Gasteiger partial charge in [0.1, 0.15) is 0 Å². The third-order valence-corrected chi connectivity index (χ3v) is 12.1. The zero-order valence-electron chi connectivity index (χ0n) is 29.3. The van der Waals surface area contributed by atoms with Gasteiger partial charge in [0, 0.05) is 29.0 Å². The molecular formula is C42H40GeIrN2-2. The van der Waals surface area contributed by atoms with Gasteiger partial charge in [-0.3, -0.25) is 0 Å². The average Bonchev–Trinajstić information content (AvgIpc) is 3.08. The number of fused-ring (bicyclic) bond motifs is 6. The molecule has 0 amide bonds. The van der Waals surface area contributed by atoms with Crippen LogP contribution in [0.5, 0.6) is 0 Å². The number of benzene rings is 5. The van der Waals surface area contributed by atoms with Gasteiger partial charge in [0.05, 0.1) is 0 Å². The number of aromatic nitrogens is 2. The third kappa shape index (κ3) is 7.66. The van der Waals surface area contributed by atoms with Gasteiger partial charge in [-0.2, -0.15) is 0 Å². The maximum Gasteiger partial charge on any atom is 0 e. The fourth-order valence-corrected chi connectivity index (χ4v) is 7.80. The van der Waals surface area contributed by atoms with Crippen molar-refractivity contribution in [2.75, 3.05) is 0 Å². The van der Waals surface area contributed by atoms with Crippen LogP contribution in [0, 0.1) is 17.5 Å². The molecule has 233 valence electrons. The van der Waals surface area contributed by atoms with Crippen molar-refractivity contribution in [1.29, 1.82) is 0 Å². The summed E-state index contributed by atoms with van der Waals surface area (Å²) in [5, 5.41) is 7.21. The molecule has 0 fully saturated rings. The van der Waals surface area contributed by atoms with E-state index in [1.165, 1.54) is 31.3 Å². The number of hydrogen-bond acceptors (Lipinski definition) is 2. The predicted molar refractivity (Wildman–Crippen MR) is 196 cm³/mol. The van der Waals surface area contributed by atoms with Crippen LogP contribution in [-0.4, -0.2) is 23.2 Å². The Morgan fingerprint density at radius 2 is 1.28 bits per heavy atom. The molecule has 4 heteroatoms. The first-order valence-corrected chi connectivity index (χ1v) is 22.8. The Hall–Kier alpha value is -3.63. The van der Waals surface area contributed by atoms with Crippen LogP contribution in [0.4, 0.5) is 0 Å². The van der Waals surface area contributed by atoms with Gasteiger partial charge < -0.3 is 4.98 Å². The molecule has 0 saturated heterocycles. The molecule has 0 N–H and O–H groups in total. The van der Waals surface area contributed by atoms with Crippen LogP contribution >= 0.6 is 0 Å². The summed E-state index contributed by atoms with van der Waals surface area (Å²) in [4.78, 5) is 9.09. The molecule has 2 heterocycles. The number of pyridine rings is 2. The van der Waals surface area contributed by atoms with Crippen molar-refractivity contribution < 1.29 is 22.8 Å². The summed E-state index contributed by atoms with van der Waals surface area (Å²) in [5.41, 5.74) is 3.81. The van der Waals surface area contributed by atoms with E-state index >= 15 is 0 Å². The van der Waals surface area contributed by atoms with Crippen molar-refractivity contribution >= 4 is 50.0 Å². The summed E-state index contributed by atoms with van der Waals surface area (Å²) < 4.78 is 18.7. The first kappa shape index (κ1) is 31.0. The van der Waals surface area contributed by atoms with Crippen molar-refractivity contribution in [3.63, 3.8) is 0 Å². The molecule has 0 saturated carbocycles. The fraction of sp³-hybridized carbons (Fsp3) is 0.190. The van der Waals surface area contributed by atoms with Crippen molar-refractivity contribution in [3.8, 4) is 22.5 Å². The Morgan fingerprint density at radius 3 is 1.85 bits per heavy atom. The van der Waals surface area contributed by atoms with Crippen molar-refractivity contribution in [1.82, 2.24) is 9.97 Å². The van der Waals surface area contributed by atoms with Crippen LogP contribution < -0.4 is 4.40 Å². The largest absolute Gasteiger partial charge is 0 e. The molecule has 7 aromatic rings. The molecule has 1 radical (unpaired) electrons. The van der Waals surface area contributed by atoms with Gasteiger partial charge in [-0.05, 0) is 39.7 Å². The van der Waals surface area contributed by atoms with Gasteiger partial charge in [0.2, 0.25) is 0 Å². The summed E-state index contributed by atoms with van der Waals surface area (Å²) in [6.45, 7) is 5.77. The van der Waals surface area contributed by atoms with E-state index in [1.807, 2.05) is 63.4 Å². The van der Waals surface area contributed by atoms with Gasteiger partial charge in [-0.1, -0.05) is 97.1 Å². The average molecular weight is 840 g/mol. The van der Waals surface area contributed by atoms with Crippen LogP contribution in [0.3, 0.4) is 0 Å². The van der Waals surface area contributed by atoms with Gasteiger partial charge in [-0.25, -0.2) is 0 Å². The molecule has 0 unspecified atom stereocenters. The summed E-state index contributed by atoms with van der Waals surface area (Å²) >= 11 is -1.72. The van der Waals surface area contributed by atoms with Gasteiger partial charge in [-0.15, -0.1) is 23.8 Å². The van der Waals surface area contributed by atoms with E-state index in [2.05, 4.69) is 106 Å². The van der Waals surface area contributed by atoms with E-state index in [4.69, 9.17) is 2.74 Å². The fourth-order valence-electron chi connectivity index (χ4n) is 5.63. The van der Waals surface area contributed by atoms with Crippen molar-refractivity contribution in [2.45, 2.75) is 44.4 Å². The zero-order valence-corrected chi connectivity index (χ0v) is 31.8. The molecule has 2 nitrogen and oxygen atoms in total. The smallest absolute Gasteiger partial charge is 0 e. The van der Waals surface area contributed by atoms with Crippen molar-refractivity contribution in [3.05, 3.63) is 139 Å². The van der Waals surface area contributed by atoms with Gasteiger partial charge in [0.15, 0.2) is 0 Å². The minimum absolute atomic E-state index is 0. The van der Waals surface area contributed by atoms with E-state index in [-0.39, 0.29) is 20.1 Å². The van der Waals surface area contributed by atoms with Gasteiger partial charge in [0.25, 0.3) is 0 Å². The van der Waals surface area contributed by atoms with E-state index < -0.39 is 25.1 Å². The monoisotopic (exact) mass is 841 g/mol. The number of nitrogens with zero attached hydrogens (tertiary/aromatic N) is 2. The molecule has 2 aromatic heterocycles. The van der Waals surface area contributed by atoms with Crippen LogP contribution in [0.15, 0.2) is 122 Å². The van der Waals surface area contributed by atoms with Crippen molar-refractivity contribution in [2.24, 2.45) is 5.41 Å². The molecule has 0 aliphatic rings. The first-order valence-electron chi connectivity index (χ1n) is 16.5. The van der Waals surface area contributed by atoms with Crippen LogP contribution in [0.25, 0.3) is 54.8 Å². The maximum absolute atomic E-state index is 8.64. The molecule has 0 aliphatic heterocycles. The van der Waals surface area contributed by atoms with E-state index in [0.29, 0.717) is 5.56 Å². The molecule has 7 rings (SSSR count). The van der Waals surface area contributed by atoms with Crippen LogP contribution in [-0.2, 0) is 26.5 Å². The third-order valence-electron chi connectivity index (χ3n) is 7.85. The SMILES string of the molecule is [2H]C([2H])(c1ccnc(-c2[c-]cc3c4ccccc4c4ccccc4c3c2)c1)C(C)(C)C.[CH3][Ge]([CH3])([CH3])[c]1ccc(-c2[c-]cccc2)nc1.[Ir]. The second-order valence-corrected chi connectivity index (χ2v) is 24.2. The molecule has 0 atom stereocenters. The van der Waals surface area contributed by atoms with E-state index in [0.717, 1.165) is 27.9 Å². The van der Waals surface area contributed by atoms with Gasteiger partial charge >= 0.3 is 99.8 Å². The Labute approximate surface area is 292 Å². The Kier molecular flexibility index (Phi) is 9.44. The summed E-state index contributed by atoms with van der Waals surface area (Å²) in [6, 6.07) is 43.7. The summed E-state index contributed by atoms with van der Waals surface area (Å²) in [5.74, 6) is 7.14. The molecule has 46 heavy (non-hydrogen) atoms. The molecule has 0 aliphatic carbocycles. The second-order valence-electron chi connectivity index (χ2n) is 13.5. The van der Waals surface area contributed by atoms with Crippen LogP contribution in [0.1, 0.15) is 29.1 Å². The molecule has 5 aromatic carbocycles. The number of hydrogen-bond donors (Lipinski definition) is 0. The quantitative estimate of drug-likeness (QED) is 0.100. The first-order chi connectivity index (χ1) is 22.3. The number of rotatable bonds is 4. The Bertz CT molecular complexity index is 2150. The van der Waals surface area contributed by atoms with E-state index in [1.54, 1.807) is 12.3 Å². The predicted octanol–water partition coefficient (Wildman–Crippen LogP) is 10.7. The zero-order chi connectivity index (χ0) is 33.4. The second kappa shape index (κ2) is 14.0. The standard InChI is InChI=1S/C28H24N.C14H16GeN.Ir/c1-28(2,3)18-19-14-15-29-27(16-19)20-12-13-25-23-10-5-4-8-21(23)22-9-6-7-11-24(22)26(25)17-20;1-15(2,3)13-9-10-14(16-11-13)12-7-5-4-6-8-12;/h4-11,13-17H,18H2,1-3H3;4-7,9-11H,1-3H3;/q2*-1;/i18D2;;. The normalized spacial score (nSPS) is 12.6. The van der Waals surface area contributed by atoms with Crippen LogP contribution in [0.2, 0.25) is 17.3 Å². The summed E-state index contributed by atoms with van der Waals surface area (Å²) in [6.07, 6.45) is 2.27. The minimum Gasteiger partial charge on any atom is 0 e. The maximum atomic E-state index is 8.64. The molecular weight excluding hydrogens is 797 g/mol. The summed E-state index contributed by atoms with van der Waals surface area (Å²) in [7, 11) is 0. The molecule has 0 bridgehead atoms. The minimum atomic E-state index is -1.72. The Morgan fingerprint density at radius 1 is 0.652 bits per heavy atom. The Balaban J connectivity index is 0.000000224.